The molecule has 0 saturated carbocycles. The first-order chi connectivity index (χ1) is 19.3. The van der Waals surface area contributed by atoms with Crippen LogP contribution in [0, 0.1) is 6.92 Å². The average molecular weight is 593 g/mol. The largest absolute Gasteiger partial charge is 0.497 e. The number of piperazine rings is 1. The Morgan fingerprint density at radius 2 is 1.57 bits per heavy atom. The highest BCUT2D eigenvalue weighted by atomic mass is 32.2. The molecule has 0 unspecified atom stereocenters. The first kappa shape index (κ1) is 28.1. The van der Waals surface area contributed by atoms with Gasteiger partial charge in [-0.05, 0) is 54.1 Å². The molecule has 0 aromatic heterocycles. The minimum Gasteiger partial charge on any atom is -0.497 e. The van der Waals surface area contributed by atoms with Crippen molar-refractivity contribution in [2.75, 3.05) is 39.8 Å². The molecule has 0 spiro atoms. The fraction of sp³-hybridized carbons (Fsp3) is 0.276. The Bertz CT molecular complexity index is 1430. The van der Waals surface area contributed by atoms with Crippen LogP contribution in [-0.4, -0.2) is 81.7 Å². The van der Waals surface area contributed by atoms with Crippen LogP contribution in [0.25, 0.3) is 12.2 Å². The van der Waals surface area contributed by atoms with Gasteiger partial charge >= 0.3 is 0 Å². The van der Waals surface area contributed by atoms with Crippen molar-refractivity contribution in [3.63, 3.8) is 0 Å². The zero-order chi connectivity index (χ0) is 28.2. The first-order valence-electron chi connectivity index (χ1n) is 12.8. The molecule has 0 aliphatic carbocycles. The van der Waals surface area contributed by atoms with E-state index in [0.29, 0.717) is 45.5 Å². The lowest BCUT2D eigenvalue weighted by molar-refractivity contribution is -0.133. The Balaban J connectivity index is 1.10. The molecule has 206 valence electrons. The number of ether oxygens (including phenoxy) is 1. The van der Waals surface area contributed by atoms with Gasteiger partial charge in [-0.15, -0.1) is 0 Å². The lowest BCUT2D eigenvalue weighted by Gasteiger charge is -2.35. The third kappa shape index (κ3) is 6.48. The SMILES string of the molecule is COc1ccc(/C=C2\SC(=S)N(CCC(=O)N3CCN(C4=NC(=O)/C(=C/c5ccc(C)cc5)S4)CC3)C2=O)cc1. The number of nitrogens with zero attached hydrogens (tertiary/aromatic N) is 4. The molecule has 3 aliphatic rings. The average Bonchev–Trinajstić information content (AvgIpc) is 3.46. The molecule has 5 rings (SSSR count). The molecular weight excluding hydrogens is 565 g/mol. The number of methoxy groups -OCH3 is 1. The van der Waals surface area contributed by atoms with Gasteiger partial charge in [-0.25, -0.2) is 0 Å². The van der Waals surface area contributed by atoms with Crippen molar-refractivity contribution in [3.05, 3.63) is 75.0 Å². The number of amidine groups is 1. The smallest absolute Gasteiger partial charge is 0.286 e. The Kier molecular flexibility index (Phi) is 8.72. The molecule has 2 aromatic rings. The maximum absolute atomic E-state index is 13.0. The van der Waals surface area contributed by atoms with Gasteiger partial charge in [-0.1, -0.05) is 65.9 Å². The molecule has 40 heavy (non-hydrogen) atoms. The van der Waals surface area contributed by atoms with E-state index in [1.165, 1.54) is 28.4 Å². The van der Waals surface area contributed by atoms with Gasteiger partial charge in [-0.2, -0.15) is 4.99 Å². The summed E-state index contributed by atoms with van der Waals surface area (Å²) in [4.78, 5) is 49.1. The van der Waals surface area contributed by atoms with Crippen molar-refractivity contribution >= 4 is 75.1 Å². The third-order valence-corrected chi connectivity index (χ3v) is 9.15. The number of rotatable bonds is 6. The quantitative estimate of drug-likeness (QED) is 0.361. The standard InChI is InChI=1S/C29H28N4O4S3/c1-19-3-5-20(6-4-19)17-23-26(35)30-28(39-23)32-15-13-31(14-16-32)25(34)11-12-33-27(36)24(40-29(33)38)18-21-7-9-22(37-2)10-8-21/h3-10,17-18H,11-16H2,1-2H3/b23-17-,24-18-. The van der Waals surface area contributed by atoms with Crippen LogP contribution in [0.1, 0.15) is 23.1 Å². The van der Waals surface area contributed by atoms with Gasteiger partial charge in [0.2, 0.25) is 5.91 Å². The zero-order valence-corrected chi connectivity index (χ0v) is 24.6. The Labute approximate surface area is 247 Å². The van der Waals surface area contributed by atoms with Crippen molar-refractivity contribution in [3.8, 4) is 5.75 Å². The van der Waals surface area contributed by atoms with Gasteiger partial charge in [0, 0.05) is 39.1 Å². The fourth-order valence-corrected chi connectivity index (χ4v) is 6.68. The fourth-order valence-electron chi connectivity index (χ4n) is 4.40. The van der Waals surface area contributed by atoms with Crippen LogP contribution >= 0.6 is 35.7 Å². The van der Waals surface area contributed by atoms with Crippen molar-refractivity contribution in [1.82, 2.24) is 14.7 Å². The second-order valence-electron chi connectivity index (χ2n) is 9.45. The summed E-state index contributed by atoms with van der Waals surface area (Å²) in [6.45, 7) is 4.51. The molecule has 11 heteroatoms. The molecule has 2 aromatic carbocycles. The van der Waals surface area contributed by atoms with Gasteiger partial charge < -0.3 is 14.5 Å². The van der Waals surface area contributed by atoms with Gasteiger partial charge in [0.1, 0.15) is 10.1 Å². The molecular formula is C29H28N4O4S3. The topological polar surface area (TPSA) is 82.5 Å². The second kappa shape index (κ2) is 12.4. The number of carbonyl (C=O) groups excluding carboxylic acids is 3. The van der Waals surface area contributed by atoms with E-state index >= 15 is 0 Å². The Morgan fingerprint density at radius 3 is 2.23 bits per heavy atom. The highest BCUT2D eigenvalue weighted by Gasteiger charge is 2.33. The van der Waals surface area contributed by atoms with Gasteiger partial charge in [0.05, 0.1) is 16.9 Å². The molecule has 2 fully saturated rings. The predicted octanol–water partition coefficient (Wildman–Crippen LogP) is 4.41. The molecule has 0 atom stereocenters. The number of carbonyl (C=O) groups is 3. The first-order valence-corrected chi connectivity index (χ1v) is 14.9. The number of amides is 3. The van der Waals surface area contributed by atoms with Crippen LogP contribution in [-0.2, 0) is 14.4 Å². The minimum atomic E-state index is -0.233. The van der Waals surface area contributed by atoms with Crippen LogP contribution in [0.2, 0.25) is 0 Å². The minimum absolute atomic E-state index is 0.0233. The molecule has 3 aliphatic heterocycles. The predicted molar refractivity (Wildman–Crippen MR) is 165 cm³/mol. The molecule has 0 bridgehead atoms. The number of aliphatic imine (C=N–C) groups is 1. The summed E-state index contributed by atoms with van der Waals surface area (Å²) < 4.78 is 5.64. The monoisotopic (exact) mass is 592 g/mol. The summed E-state index contributed by atoms with van der Waals surface area (Å²) in [5.41, 5.74) is 3.00. The summed E-state index contributed by atoms with van der Waals surface area (Å²) in [5.74, 6) is 0.305. The van der Waals surface area contributed by atoms with E-state index in [-0.39, 0.29) is 30.7 Å². The van der Waals surface area contributed by atoms with Crippen LogP contribution in [0.5, 0.6) is 5.75 Å². The molecule has 3 heterocycles. The highest BCUT2D eigenvalue weighted by molar-refractivity contribution is 8.26. The van der Waals surface area contributed by atoms with Gasteiger partial charge in [0.15, 0.2) is 5.17 Å². The van der Waals surface area contributed by atoms with Crippen molar-refractivity contribution < 1.29 is 19.1 Å². The molecule has 0 radical (unpaired) electrons. The van der Waals surface area contributed by atoms with Crippen molar-refractivity contribution in [1.29, 1.82) is 0 Å². The second-order valence-corrected chi connectivity index (χ2v) is 12.1. The van der Waals surface area contributed by atoms with E-state index in [1.54, 1.807) is 18.1 Å². The van der Waals surface area contributed by atoms with E-state index < -0.39 is 0 Å². The summed E-state index contributed by atoms with van der Waals surface area (Å²) in [6, 6.07) is 15.4. The van der Waals surface area contributed by atoms with E-state index in [9.17, 15) is 14.4 Å². The summed E-state index contributed by atoms with van der Waals surface area (Å²) >= 11 is 8.05. The molecule has 0 N–H and O–H groups in total. The van der Waals surface area contributed by atoms with Crippen LogP contribution < -0.4 is 4.74 Å². The zero-order valence-electron chi connectivity index (χ0n) is 22.2. The summed E-state index contributed by atoms with van der Waals surface area (Å²) in [6.07, 6.45) is 3.86. The number of thioether (sulfide) groups is 2. The summed E-state index contributed by atoms with van der Waals surface area (Å²) in [7, 11) is 1.60. The highest BCUT2D eigenvalue weighted by Crippen LogP contribution is 2.33. The van der Waals surface area contributed by atoms with Crippen molar-refractivity contribution in [2.24, 2.45) is 4.99 Å². The number of benzene rings is 2. The molecule has 2 saturated heterocycles. The maximum Gasteiger partial charge on any atom is 0.286 e. The molecule has 3 amide bonds. The maximum atomic E-state index is 13.0. The number of thiocarbonyl (C=S) groups is 1. The van der Waals surface area contributed by atoms with E-state index in [0.717, 1.165) is 22.4 Å². The van der Waals surface area contributed by atoms with E-state index in [1.807, 2.05) is 66.4 Å². The van der Waals surface area contributed by atoms with Gasteiger partial charge in [-0.3, -0.25) is 19.3 Å². The third-order valence-electron chi connectivity index (χ3n) is 6.72. The Hall–Kier alpha value is -3.41. The number of hydrogen-bond acceptors (Lipinski definition) is 8. The van der Waals surface area contributed by atoms with E-state index in [4.69, 9.17) is 17.0 Å². The van der Waals surface area contributed by atoms with Gasteiger partial charge in [0.25, 0.3) is 11.8 Å². The van der Waals surface area contributed by atoms with Crippen LogP contribution in [0.4, 0.5) is 0 Å². The lowest BCUT2D eigenvalue weighted by atomic mass is 10.1. The van der Waals surface area contributed by atoms with Crippen LogP contribution in [0.15, 0.2) is 63.3 Å². The molecule has 8 nitrogen and oxygen atoms in total. The van der Waals surface area contributed by atoms with Crippen LogP contribution in [0.3, 0.4) is 0 Å². The number of aryl methyl sites for hydroxylation is 1. The normalized spacial score (nSPS) is 19.7. The van der Waals surface area contributed by atoms with Crippen molar-refractivity contribution in [2.45, 2.75) is 13.3 Å². The Morgan fingerprint density at radius 1 is 0.950 bits per heavy atom. The van der Waals surface area contributed by atoms with E-state index in [2.05, 4.69) is 4.99 Å². The lowest BCUT2D eigenvalue weighted by Crippen LogP contribution is -2.50. The number of hydrogen-bond donors (Lipinski definition) is 0. The summed E-state index contributed by atoms with van der Waals surface area (Å²) in [5, 5.41) is 0.677.